The van der Waals surface area contributed by atoms with Crippen LogP contribution in [0.2, 0.25) is 10.0 Å². The molecule has 0 aromatic heterocycles. The molecule has 0 atom stereocenters. The highest BCUT2D eigenvalue weighted by Crippen LogP contribution is 2.23. The van der Waals surface area contributed by atoms with Gasteiger partial charge in [0.05, 0.1) is 10.7 Å². The number of rotatable bonds is 6. The van der Waals surface area contributed by atoms with Crippen molar-refractivity contribution in [2.75, 3.05) is 5.32 Å². The Balaban J connectivity index is 1.99. The first kappa shape index (κ1) is 19.3. The Labute approximate surface area is 157 Å². The lowest BCUT2D eigenvalue weighted by Crippen LogP contribution is -2.30. The highest BCUT2D eigenvalue weighted by atomic mass is 35.5. The van der Waals surface area contributed by atoms with Gasteiger partial charge in [-0.05, 0) is 56.2 Å². The summed E-state index contributed by atoms with van der Waals surface area (Å²) in [7, 11) is 0. The average Bonchev–Trinajstić information content (AvgIpc) is 2.55. The van der Waals surface area contributed by atoms with Gasteiger partial charge >= 0.3 is 0 Å². The molecule has 2 N–H and O–H groups in total. The summed E-state index contributed by atoms with van der Waals surface area (Å²) in [4.78, 5) is 24.2. The molecule has 2 amide bonds. The van der Waals surface area contributed by atoms with Crippen molar-refractivity contribution in [2.45, 2.75) is 32.7 Å². The van der Waals surface area contributed by atoms with E-state index in [0.29, 0.717) is 34.1 Å². The number of amides is 2. The van der Waals surface area contributed by atoms with Gasteiger partial charge in [0.15, 0.2) is 0 Å². The van der Waals surface area contributed by atoms with Crippen molar-refractivity contribution in [3.05, 3.63) is 63.6 Å². The zero-order chi connectivity index (χ0) is 18.4. The second-order valence-corrected chi connectivity index (χ2v) is 6.84. The molecule has 2 aromatic rings. The van der Waals surface area contributed by atoms with Crippen LogP contribution in [0.5, 0.6) is 0 Å². The molecule has 4 nitrogen and oxygen atoms in total. The fraction of sp³-hybridized carbons (Fsp3) is 0.263. The zero-order valence-corrected chi connectivity index (χ0v) is 15.6. The minimum Gasteiger partial charge on any atom is -0.350 e. The number of halogens is 2. The molecule has 25 heavy (non-hydrogen) atoms. The summed E-state index contributed by atoms with van der Waals surface area (Å²) in [5.74, 6) is -0.374. The Hall–Kier alpha value is -2.04. The van der Waals surface area contributed by atoms with Crippen molar-refractivity contribution >= 4 is 40.7 Å². The molecule has 2 aromatic carbocycles. The van der Waals surface area contributed by atoms with Crippen LogP contribution < -0.4 is 10.6 Å². The summed E-state index contributed by atoms with van der Waals surface area (Å²) in [5.41, 5.74) is 1.90. The fourth-order valence-electron chi connectivity index (χ4n) is 2.23. The normalized spacial score (nSPS) is 10.6. The Kier molecular flexibility index (Phi) is 6.85. The first-order valence-corrected chi connectivity index (χ1v) is 8.75. The molecule has 0 heterocycles. The van der Waals surface area contributed by atoms with Crippen LogP contribution in [0.15, 0.2) is 42.5 Å². The highest BCUT2D eigenvalue weighted by molar-refractivity contribution is 6.34. The van der Waals surface area contributed by atoms with Gasteiger partial charge in [-0.3, -0.25) is 9.59 Å². The lowest BCUT2D eigenvalue weighted by molar-refractivity contribution is -0.116. The minimum absolute atomic E-state index is 0.0283. The van der Waals surface area contributed by atoms with E-state index in [0.717, 1.165) is 5.56 Å². The lowest BCUT2D eigenvalue weighted by atomic mass is 10.1. The SMILES string of the molecule is CC(C)NC(=O)c1ccc(Cl)c(NC(=O)CCc2ccc(Cl)cc2)c1. The van der Waals surface area contributed by atoms with E-state index in [2.05, 4.69) is 10.6 Å². The standard InChI is InChI=1S/C19H20Cl2N2O2/c1-12(2)22-19(25)14-6-9-16(21)17(11-14)23-18(24)10-5-13-3-7-15(20)8-4-13/h3-4,6-9,11-12H,5,10H2,1-2H3,(H,22,25)(H,23,24). The quantitative estimate of drug-likeness (QED) is 0.764. The predicted molar refractivity (Wildman–Crippen MR) is 102 cm³/mol. The van der Waals surface area contributed by atoms with E-state index in [1.165, 1.54) is 0 Å². The van der Waals surface area contributed by atoms with Crippen molar-refractivity contribution in [2.24, 2.45) is 0 Å². The molecule has 6 heteroatoms. The number of carbonyl (C=O) groups is 2. The van der Waals surface area contributed by atoms with Crippen LogP contribution in [-0.2, 0) is 11.2 Å². The molecular weight excluding hydrogens is 359 g/mol. The van der Waals surface area contributed by atoms with Crippen LogP contribution in [0.3, 0.4) is 0 Å². The third-order valence-corrected chi connectivity index (χ3v) is 4.06. The lowest BCUT2D eigenvalue weighted by Gasteiger charge is -2.11. The van der Waals surface area contributed by atoms with Crippen molar-refractivity contribution < 1.29 is 9.59 Å². The number of anilines is 1. The molecule has 0 aliphatic heterocycles. The van der Waals surface area contributed by atoms with Crippen LogP contribution in [0.1, 0.15) is 36.2 Å². The fourth-order valence-corrected chi connectivity index (χ4v) is 2.52. The van der Waals surface area contributed by atoms with E-state index in [4.69, 9.17) is 23.2 Å². The van der Waals surface area contributed by atoms with Gasteiger partial charge in [0.1, 0.15) is 0 Å². The van der Waals surface area contributed by atoms with Gasteiger partial charge in [0, 0.05) is 23.0 Å². The van der Waals surface area contributed by atoms with Gasteiger partial charge in [0.25, 0.3) is 5.91 Å². The van der Waals surface area contributed by atoms with E-state index in [1.807, 2.05) is 26.0 Å². The van der Waals surface area contributed by atoms with Crippen molar-refractivity contribution in [3.8, 4) is 0 Å². The maximum atomic E-state index is 12.2. The second kappa shape index (κ2) is 8.88. The maximum absolute atomic E-state index is 12.2. The number of carbonyl (C=O) groups excluding carboxylic acids is 2. The largest absolute Gasteiger partial charge is 0.350 e. The van der Waals surface area contributed by atoms with Gasteiger partial charge in [-0.15, -0.1) is 0 Å². The number of hydrogen-bond donors (Lipinski definition) is 2. The average molecular weight is 379 g/mol. The Bertz CT molecular complexity index is 759. The van der Waals surface area contributed by atoms with E-state index in [9.17, 15) is 9.59 Å². The smallest absolute Gasteiger partial charge is 0.251 e. The van der Waals surface area contributed by atoms with E-state index in [-0.39, 0.29) is 17.9 Å². The van der Waals surface area contributed by atoms with Gasteiger partial charge in [0.2, 0.25) is 5.91 Å². The Morgan fingerprint density at radius 2 is 1.72 bits per heavy atom. The molecule has 0 fully saturated rings. The van der Waals surface area contributed by atoms with E-state index >= 15 is 0 Å². The van der Waals surface area contributed by atoms with E-state index < -0.39 is 0 Å². The van der Waals surface area contributed by atoms with Gasteiger partial charge in [-0.2, -0.15) is 0 Å². The first-order chi connectivity index (χ1) is 11.8. The van der Waals surface area contributed by atoms with Crippen LogP contribution in [0.25, 0.3) is 0 Å². The van der Waals surface area contributed by atoms with Crippen LogP contribution in [-0.4, -0.2) is 17.9 Å². The summed E-state index contributed by atoms with van der Waals surface area (Å²) in [6.07, 6.45) is 0.897. The predicted octanol–water partition coefficient (Wildman–Crippen LogP) is 4.70. The molecular formula is C19H20Cl2N2O2. The summed E-state index contributed by atoms with van der Waals surface area (Å²) < 4.78 is 0. The summed E-state index contributed by atoms with van der Waals surface area (Å²) in [5, 5.41) is 6.62. The summed E-state index contributed by atoms with van der Waals surface area (Å²) >= 11 is 12.0. The van der Waals surface area contributed by atoms with Gasteiger partial charge < -0.3 is 10.6 Å². The topological polar surface area (TPSA) is 58.2 Å². The van der Waals surface area contributed by atoms with E-state index in [1.54, 1.807) is 30.3 Å². The van der Waals surface area contributed by atoms with Crippen molar-refractivity contribution in [1.29, 1.82) is 0 Å². The number of benzene rings is 2. The molecule has 0 bridgehead atoms. The molecule has 0 aliphatic rings. The first-order valence-electron chi connectivity index (χ1n) is 8.00. The Morgan fingerprint density at radius 1 is 1.04 bits per heavy atom. The van der Waals surface area contributed by atoms with Crippen LogP contribution in [0, 0.1) is 0 Å². The molecule has 132 valence electrons. The van der Waals surface area contributed by atoms with Gasteiger partial charge in [-0.1, -0.05) is 35.3 Å². The number of aryl methyl sites for hydroxylation is 1. The van der Waals surface area contributed by atoms with Crippen molar-refractivity contribution in [1.82, 2.24) is 5.32 Å². The highest BCUT2D eigenvalue weighted by Gasteiger charge is 2.12. The summed E-state index contributed by atoms with van der Waals surface area (Å²) in [6.45, 7) is 3.76. The molecule has 2 rings (SSSR count). The van der Waals surface area contributed by atoms with Crippen molar-refractivity contribution in [3.63, 3.8) is 0 Å². The molecule has 0 aliphatic carbocycles. The third-order valence-electron chi connectivity index (χ3n) is 3.48. The third kappa shape index (κ3) is 6.07. The number of hydrogen-bond acceptors (Lipinski definition) is 2. The molecule has 0 radical (unpaired) electrons. The molecule has 0 spiro atoms. The second-order valence-electron chi connectivity index (χ2n) is 6.00. The monoisotopic (exact) mass is 378 g/mol. The van der Waals surface area contributed by atoms with Gasteiger partial charge in [-0.25, -0.2) is 0 Å². The number of nitrogens with one attached hydrogen (secondary N) is 2. The molecule has 0 saturated heterocycles. The molecule has 0 unspecified atom stereocenters. The zero-order valence-electron chi connectivity index (χ0n) is 14.1. The Morgan fingerprint density at radius 3 is 2.36 bits per heavy atom. The van der Waals surface area contributed by atoms with Crippen LogP contribution >= 0.6 is 23.2 Å². The maximum Gasteiger partial charge on any atom is 0.251 e. The minimum atomic E-state index is -0.205. The van der Waals surface area contributed by atoms with Crippen LogP contribution in [0.4, 0.5) is 5.69 Å². The summed E-state index contributed by atoms with van der Waals surface area (Å²) in [6, 6.07) is 12.2. The molecule has 0 saturated carbocycles.